The topological polar surface area (TPSA) is 71.8 Å². The molecule has 1 aliphatic heterocycles. The largest absolute Gasteiger partial charge is 0.410 e. The summed E-state index contributed by atoms with van der Waals surface area (Å²) >= 11 is 5.87. The third-order valence-electron chi connectivity index (χ3n) is 4.61. The van der Waals surface area contributed by atoms with Crippen LogP contribution in [0.15, 0.2) is 54.9 Å². The van der Waals surface area contributed by atoms with Crippen LogP contribution in [0, 0.1) is 0 Å². The number of hydrogen-bond donors (Lipinski definition) is 2. The van der Waals surface area contributed by atoms with Crippen molar-refractivity contribution in [2.45, 2.75) is 24.7 Å². The molecule has 1 aromatic carbocycles. The molecule has 10 heteroatoms. The summed E-state index contributed by atoms with van der Waals surface area (Å²) in [4.78, 5) is 16.3. The van der Waals surface area contributed by atoms with E-state index in [0.29, 0.717) is 16.3 Å². The monoisotopic (exact) mass is 421 g/mol. The van der Waals surface area contributed by atoms with Crippen LogP contribution >= 0.6 is 11.6 Å². The maximum absolute atomic E-state index is 13.7. The zero-order valence-electron chi connectivity index (χ0n) is 14.8. The molecule has 0 bridgehead atoms. The van der Waals surface area contributed by atoms with E-state index in [1.807, 2.05) is 0 Å². The van der Waals surface area contributed by atoms with E-state index in [0.717, 1.165) is 4.68 Å². The number of pyridine rings is 1. The lowest BCUT2D eigenvalue weighted by Gasteiger charge is -2.33. The summed E-state index contributed by atoms with van der Waals surface area (Å²) in [6.45, 7) is 0. The first-order valence-electron chi connectivity index (χ1n) is 8.71. The summed E-state index contributed by atoms with van der Waals surface area (Å²) in [5.74, 6) is -0.500. The minimum atomic E-state index is -4.52. The fourth-order valence-corrected chi connectivity index (χ4v) is 3.36. The minimum absolute atomic E-state index is 0.120. The fourth-order valence-electron chi connectivity index (χ4n) is 3.23. The Bertz CT molecular complexity index is 1020. The highest BCUT2D eigenvalue weighted by atomic mass is 35.5. The van der Waals surface area contributed by atoms with Gasteiger partial charge >= 0.3 is 6.18 Å². The van der Waals surface area contributed by atoms with Crippen molar-refractivity contribution in [2.24, 2.45) is 0 Å². The molecule has 1 amide bonds. The van der Waals surface area contributed by atoms with E-state index in [9.17, 15) is 18.0 Å². The molecule has 0 radical (unpaired) electrons. The second-order valence-electron chi connectivity index (χ2n) is 6.60. The van der Waals surface area contributed by atoms with Crippen LogP contribution in [0.5, 0.6) is 0 Å². The van der Waals surface area contributed by atoms with Crippen molar-refractivity contribution in [3.63, 3.8) is 0 Å². The van der Waals surface area contributed by atoms with E-state index < -0.39 is 24.2 Å². The van der Waals surface area contributed by atoms with Crippen LogP contribution < -0.4 is 10.6 Å². The van der Waals surface area contributed by atoms with E-state index in [4.69, 9.17) is 11.6 Å². The molecule has 2 aromatic heterocycles. The van der Waals surface area contributed by atoms with Gasteiger partial charge in [0.1, 0.15) is 5.82 Å². The lowest BCUT2D eigenvalue weighted by atomic mass is 9.97. The number of hydrogen-bond acceptors (Lipinski definition) is 4. The van der Waals surface area contributed by atoms with E-state index >= 15 is 0 Å². The predicted molar refractivity (Wildman–Crippen MR) is 102 cm³/mol. The highest BCUT2D eigenvalue weighted by molar-refractivity contribution is 6.30. The Kier molecular flexibility index (Phi) is 4.91. The highest BCUT2D eigenvalue weighted by Gasteiger charge is 2.46. The molecule has 3 aromatic rings. The van der Waals surface area contributed by atoms with Gasteiger partial charge in [-0.15, -0.1) is 0 Å². The number of amides is 1. The summed E-state index contributed by atoms with van der Waals surface area (Å²) < 4.78 is 42.0. The standard InChI is InChI=1S/C19H15ClF3N5O/c20-12-5-3-11(4-6-12)14-8-16(19(21,22)23)28-17(26-14)9-15(27-28)18(29)25-13-2-1-7-24-10-13/h1-7,9-10,14,16,26H,8H2,(H,25,29)/t14-,16+/m0/s1. The Morgan fingerprint density at radius 1 is 1.24 bits per heavy atom. The molecule has 29 heavy (non-hydrogen) atoms. The number of fused-ring (bicyclic) bond motifs is 1. The Hall–Kier alpha value is -3.07. The third kappa shape index (κ3) is 4.04. The first kappa shape index (κ1) is 19.3. The zero-order valence-corrected chi connectivity index (χ0v) is 15.6. The maximum Gasteiger partial charge on any atom is 0.410 e. The van der Waals surface area contributed by atoms with Gasteiger partial charge in [-0.05, 0) is 29.8 Å². The molecular formula is C19H15ClF3N5O. The van der Waals surface area contributed by atoms with Gasteiger partial charge in [0.2, 0.25) is 0 Å². The number of carbonyl (C=O) groups is 1. The SMILES string of the molecule is O=C(Nc1cccnc1)c1cc2n(n1)[C@@H](C(F)(F)F)C[C@@H](c1ccc(Cl)cc1)N2. The summed E-state index contributed by atoms with van der Waals surface area (Å²) in [6.07, 6.45) is -1.81. The van der Waals surface area contributed by atoms with Gasteiger partial charge in [0.05, 0.1) is 17.9 Å². The number of aromatic nitrogens is 3. The van der Waals surface area contributed by atoms with E-state index in [-0.39, 0.29) is 17.9 Å². The molecule has 2 N–H and O–H groups in total. The van der Waals surface area contributed by atoms with Crippen molar-refractivity contribution in [1.29, 1.82) is 0 Å². The smallest absolute Gasteiger partial charge is 0.363 e. The van der Waals surface area contributed by atoms with E-state index in [1.165, 1.54) is 12.3 Å². The highest BCUT2D eigenvalue weighted by Crippen LogP contribution is 2.43. The number of nitrogens with one attached hydrogen (secondary N) is 2. The number of rotatable bonds is 3. The molecule has 0 spiro atoms. The predicted octanol–water partition coefficient (Wildman–Crippen LogP) is 4.84. The van der Waals surface area contributed by atoms with Gasteiger partial charge in [0.25, 0.3) is 5.91 Å². The van der Waals surface area contributed by atoms with Crippen molar-refractivity contribution in [1.82, 2.24) is 14.8 Å². The number of alkyl halides is 3. The first-order chi connectivity index (χ1) is 13.8. The quantitative estimate of drug-likeness (QED) is 0.634. The van der Waals surface area contributed by atoms with Crippen molar-refractivity contribution < 1.29 is 18.0 Å². The molecule has 2 atom stereocenters. The van der Waals surface area contributed by atoms with E-state index in [2.05, 4.69) is 20.7 Å². The molecule has 4 rings (SSSR count). The van der Waals surface area contributed by atoms with Crippen LogP contribution in [-0.4, -0.2) is 26.8 Å². The van der Waals surface area contributed by atoms with Crippen LogP contribution in [0.1, 0.15) is 34.6 Å². The van der Waals surface area contributed by atoms with Gasteiger partial charge in [-0.1, -0.05) is 23.7 Å². The molecule has 0 saturated heterocycles. The Morgan fingerprint density at radius 2 is 2.00 bits per heavy atom. The summed E-state index contributed by atoms with van der Waals surface area (Å²) in [6, 6.07) is 8.70. The van der Waals surface area contributed by atoms with Crippen molar-refractivity contribution in [3.05, 3.63) is 71.1 Å². The van der Waals surface area contributed by atoms with E-state index in [1.54, 1.807) is 42.6 Å². The normalized spacial score (nSPS) is 18.6. The third-order valence-corrected chi connectivity index (χ3v) is 4.87. The lowest BCUT2D eigenvalue weighted by molar-refractivity contribution is -0.173. The lowest BCUT2D eigenvalue weighted by Crippen LogP contribution is -2.35. The molecule has 0 saturated carbocycles. The summed E-state index contributed by atoms with van der Waals surface area (Å²) in [7, 11) is 0. The molecular weight excluding hydrogens is 407 g/mol. The second kappa shape index (κ2) is 7.40. The van der Waals surface area contributed by atoms with Gasteiger partial charge in [0, 0.05) is 23.7 Å². The number of nitrogens with zero attached hydrogens (tertiary/aromatic N) is 3. The number of anilines is 2. The molecule has 6 nitrogen and oxygen atoms in total. The zero-order chi connectivity index (χ0) is 20.6. The molecule has 0 aliphatic carbocycles. The van der Waals surface area contributed by atoms with Crippen LogP contribution in [0.25, 0.3) is 0 Å². The Morgan fingerprint density at radius 3 is 2.66 bits per heavy atom. The molecule has 1 aliphatic rings. The summed E-state index contributed by atoms with van der Waals surface area (Å²) in [5.41, 5.74) is 0.961. The van der Waals surface area contributed by atoms with Crippen molar-refractivity contribution in [3.8, 4) is 0 Å². The number of halogens is 4. The summed E-state index contributed by atoms with van der Waals surface area (Å²) in [5, 5.41) is 10.0. The number of carbonyl (C=O) groups excluding carboxylic acids is 1. The maximum atomic E-state index is 13.7. The average molecular weight is 422 g/mol. The first-order valence-corrected chi connectivity index (χ1v) is 9.09. The molecule has 3 heterocycles. The van der Waals surface area contributed by atoms with Gasteiger partial charge in [-0.3, -0.25) is 9.78 Å². The van der Waals surface area contributed by atoms with Gasteiger partial charge in [-0.25, -0.2) is 4.68 Å². The number of benzene rings is 1. The minimum Gasteiger partial charge on any atom is -0.363 e. The Labute approximate surface area is 168 Å². The molecule has 150 valence electrons. The second-order valence-corrected chi connectivity index (χ2v) is 7.03. The Balaban J connectivity index is 1.65. The van der Waals surface area contributed by atoms with Gasteiger partial charge in [0.15, 0.2) is 11.7 Å². The van der Waals surface area contributed by atoms with Crippen molar-refractivity contribution >= 4 is 29.0 Å². The van der Waals surface area contributed by atoms with Crippen LogP contribution in [0.2, 0.25) is 5.02 Å². The van der Waals surface area contributed by atoms with Crippen LogP contribution in [0.4, 0.5) is 24.7 Å². The van der Waals surface area contributed by atoms with Gasteiger partial charge < -0.3 is 10.6 Å². The molecule has 0 fully saturated rings. The van der Waals surface area contributed by atoms with Crippen molar-refractivity contribution in [2.75, 3.05) is 10.6 Å². The molecule has 0 unspecified atom stereocenters. The van der Waals surface area contributed by atoms with Gasteiger partial charge in [-0.2, -0.15) is 18.3 Å². The van der Waals surface area contributed by atoms with Crippen LogP contribution in [0.3, 0.4) is 0 Å². The fraction of sp³-hybridized carbons (Fsp3) is 0.211. The average Bonchev–Trinajstić information content (AvgIpc) is 3.12. The van der Waals surface area contributed by atoms with Crippen LogP contribution in [-0.2, 0) is 0 Å².